The van der Waals surface area contributed by atoms with E-state index in [1.54, 1.807) is 19.5 Å². The van der Waals surface area contributed by atoms with Gasteiger partial charge in [-0.25, -0.2) is 4.98 Å². The molecule has 0 amide bonds. The van der Waals surface area contributed by atoms with Gasteiger partial charge >= 0.3 is 0 Å². The minimum atomic E-state index is 0.136. The molecule has 2 heterocycles. The first kappa shape index (κ1) is 14.2. The summed E-state index contributed by atoms with van der Waals surface area (Å²) >= 11 is 0. The molecule has 5 nitrogen and oxygen atoms in total. The maximum absolute atomic E-state index is 5.82. The molecule has 0 aliphatic carbocycles. The number of ether oxygens (including phenoxy) is 2. The van der Waals surface area contributed by atoms with Gasteiger partial charge in [-0.3, -0.25) is 4.98 Å². The molecule has 1 aromatic heterocycles. The zero-order chi connectivity index (χ0) is 13.5. The van der Waals surface area contributed by atoms with Crippen LogP contribution in [-0.2, 0) is 4.74 Å². The fourth-order valence-electron chi connectivity index (χ4n) is 2.53. The zero-order valence-electron chi connectivity index (χ0n) is 11.8. The molecule has 0 spiro atoms. The maximum atomic E-state index is 5.82. The number of rotatable bonds is 6. The van der Waals surface area contributed by atoms with Crippen molar-refractivity contribution < 1.29 is 9.47 Å². The Morgan fingerprint density at radius 3 is 2.95 bits per heavy atom. The Morgan fingerprint density at radius 2 is 2.26 bits per heavy atom. The van der Waals surface area contributed by atoms with Crippen LogP contribution in [0.15, 0.2) is 12.4 Å². The second-order valence-corrected chi connectivity index (χ2v) is 4.79. The summed E-state index contributed by atoms with van der Waals surface area (Å²) in [4.78, 5) is 8.66. The summed E-state index contributed by atoms with van der Waals surface area (Å²) in [5.74, 6) is 0.601. The van der Waals surface area contributed by atoms with Crippen molar-refractivity contribution in [2.24, 2.45) is 0 Å². The summed E-state index contributed by atoms with van der Waals surface area (Å²) in [5.41, 5.74) is 0.876. The van der Waals surface area contributed by atoms with Gasteiger partial charge in [-0.2, -0.15) is 0 Å². The molecule has 0 aromatic carbocycles. The number of hydrogen-bond donors (Lipinski definition) is 1. The monoisotopic (exact) mass is 265 g/mol. The molecule has 1 aliphatic rings. The van der Waals surface area contributed by atoms with Gasteiger partial charge in [0, 0.05) is 19.0 Å². The van der Waals surface area contributed by atoms with E-state index in [9.17, 15) is 0 Å². The molecule has 2 atom stereocenters. The fourth-order valence-corrected chi connectivity index (χ4v) is 2.53. The van der Waals surface area contributed by atoms with Crippen molar-refractivity contribution in [2.45, 2.75) is 44.8 Å². The Labute approximate surface area is 114 Å². The van der Waals surface area contributed by atoms with Crippen LogP contribution in [0.1, 0.15) is 44.3 Å². The van der Waals surface area contributed by atoms with Crippen molar-refractivity contribution in [3.05, 3.63) is 18.1 Å². The minimum Gasteiger partial charge on any atom is -0.480 e. The highest BCUT2D eigenvalue weighted by Crippen LogP contribution is 2.27. The van der Waals surface area contributed by atoms with Gasteiger partial charge in [0.15, 0.2) is 0 Å². The first-order valence-corrected chi connectivity index (χ1v) is 7.05. The predicted molar refractivity (Wildman–Crippen MR) is 73.2 cm³/mol. The van der Waals surface area contributed by atoms with E-state index in [1.165, 1.54) is 12.8 Å². The van der Waals surface area contributed by atoms with Crippen molar-refractivity contribution >= 4 is 0 Å². The molecular formula is C14H23N3O2. The summed E-state index contributed by atoms with van der Waals surface area (Å²) in [5, 5.41) is 3.46. The number of hydrogen-bond acceptors (Lipinski definition) is 5. The zero-order valence-corrected chi connectivity index (χ0v) is 11.8. The number of methoxy groups -OCH3 is 1. The smallest absolute Gasteiger partial charge is 0.236 e. The third-order valence-electron chi connectivity index (χ3n) is 3.44. The molecule has 1 fully saturated rings. The minimum absolute atomic E-state index is 0.136. The van der Waals surface area contributed by atoms with Gasteiger partial charge in [-0.1, -0.05) is 6.92 Å². The van der Waals surface area contributed by atoms with Crippen molar-refractivity contribution in [1.29, 1.82) is 0 Å². The number of nitrogens with zero attached hydrogens (tertiary/aromatic N) is 2. The molecule has 1 N–H and O–H groups in total. The van der Waals surface area contributed by atoms with Crippen LogP contribution < -0.4 is 10.1 Å². The lowest BCUT2D eigenvalue weighted by Gasteiger charge is -2.27. The molecule has 5 heteroatoms. The van der Waals surface area contributed by atoms with Crippen molar-refractivity contribution in [3.63, 3.8) is 0 Å². The van der Waals surface area contributed by atoms with Gasteiger partial charge in [0.05, 0.1) is 19.3 Å². The Hall–Kier alpha value is -1.20. The SMILES string of the molecule is CCNC(CC1CCCCO1)c1nccnc1OC. The highest BCUT2D eigenvalue weighted by molar-refractivity contribution is 5.21. The van der Waals surface area contributed by atoms with Gasteiger partial charge in [0.2, 0.25) is 5.88 Å². The van der Waals surface area contributed by atoms with E-state index in [0.717, 1.165) is 31.7 Å². The van der Waals surface area contributed by atoms with Crippen LogP contribution in [0.5, 0.6) is 5.88 Å². The van der Waals surface area contributed by atoms with Crippen LogP contribution >= 0.6 is 0 Å². The lowest BCUT2D eigenvalue weighted by atomic mass is 9.99. The molecular weight excluding hydrogens is 242 g/mol. The molecule has 1 aliphatic heterocycles. The van der Waals surface area contributed by atoms with E-state index in [4.69, 9.17) is 9.47 Å². The summed E-state index contributed by atoms with van der Waals surface area (Å²) < 4.78 is 11.1. The van der Waals surface area contributed by atoms with Crippen LogP contribution in [0.4, 0.5) is 0 Å². The topological polar surface area (TPSA) is 56.3 Å². The van der Waals surface area contributed by atoms with Crippen molar-refractivity contribution in [1.82, 2.24) is 15.3 Å². The highest BCUT2D eigenvalue weighted by atomic mass is 16.5. The number of aromatic nitrogens is 2. The molecule has 0 saturated carbocycles. The molecule has 0 radical (unpaired) electrons. The Balaban J connectivity index is 2.09. The molecule has 1 saturated heterocycles. The van der Waals surface area contributed by atoms with Crippen LogP contribution in [-0.4, -0.2) is 36.3 Å². The molecule has 2 unspecified atom stereocenters. The Morgan fingerprint density at radius 1 is 1.42 bits per heavy atom. The van der Waals surface area contributed by atoms with Crippen LogP contribution in [0, 0.1) is 0 Å². The summed E-state index contributed by atoms with van der Waals surface area (Å²) in [6, 6.07) is 0.136. The standard InChI is InChI=1S/C14H23N3O2/c1-3-15-12(10-11-6-4-5-9-19-11)13-14(18-2)17-8-7-16-13/h7-8,11-12,15H,3-6,9-10H2,1-2H3. The van der Waals surface area contributed by atoms with Gasteiger partial charge in [0.25, 0.3) is 0 Å². The molecule has 106 valence electrons. The van der Waals surface area contributed by atoms with E-state index in [0.29, 0.717) is 12.0 Å². The van der Waals surface area contributed by atoms with Crippen LogP contribution in [0.3, 0.4) is 0 Å². The summed E-state index contributed by atoms with van der Waals surface area (Å²) in [7, 11) is 1.63. The molecule has 0 bridgehead atoms. The molecule has 1 aromatic rings. The average Bonchev–Trinajstić information content (AvgIpc) is 2.48. The van der Waals surface area contributed by atoms with E-state index >= 15 is 0 Å². The summed E-state index contributed by atoms with van der Waals surface area (Å²) in [6.07, 6.45) is 8.15. The van der Waals surface area contributed by atoms with Gasteiger partial charge in [-0.05, 0) is 32.2 Å². The number of nitrogens with one attached hydrogen (secondary N) is 1. The van der Waals surface area contributed by atoms with Crippen LogP contribution in [0.2, 0.25) is 0 Å². The second-order valence-electron chi connectivity index (χ2n) is 4.79. The molecule has 2 rings (SSSR count). The normalized spacial score (nSPS) is 21.1. The highest BCUT2D eigenvalue weighted by Gasteiger charge is 2.24. The maximum Gasteiger partial charge on any atom is 0.236 e. The second kappa shape index (κ2) is 7.40. The third-order valence-corrected chi connectivity index (χ3v) is 3.44. The lowest BCUT2D eigenvalue weighted by Crippen LogP contribution is -2.29. The first-order chi connectivity index (χ1) is 9.35. The van der Waals surface area contributed by atoms with E-state index in [2.05, 4.69) is 22.2 Å². The van der Waals surface area contributed by atoms with Gasteiger partial charge < -0.3 is 14.8 Å². The lowest BCUT2D eigenvalue weighted by molar-refractivity contribution is 0.00471. The van der Waals surface area contributed by atoms with E-state index < -0.39 is 0 Å². The average molecular weight is 265 g/mol. The van der Waals surface area contributed by atoms with Crippen LogP contribution in [0.25, 0.3) is 0 Å². The molecule has 19 heavy (non-hydrogen) atoms. The largest absolute Gasteiger partial charge is 0.480 e. The van der Waals surface area contributed by atoms with Crippen molar-refractivity contribution in [2.75, 3.05) is 20.3 Å². The Bertz CT molecular complexity index is 381. The Kier molecular flexibility index (Phi) is 5.54. The predicted octanol–water partition coefficient (Wildman–Crippen LogP) is 2.09. The quantitative estimate of drug-likeness (QED) is 0.853. The van der Waals surface area contributed by atoms with Gasteiger partial charge in [-0.15, -0.1) is 0 Å². The van der Waals surface area contributed by atoms with E-state index in [1.807, 2.05) is 0 Å². The fraction of sp³-hybridized carbons (Fsp3) is 0.714. The summed E-state index contributed by atoms with van der Waals surface area (Å²) in [6.45, 7) is 3.86. The third kappa shape index (κ3) is 3.88. The van der Waals surface area contributed by atoms with Crippen molar-refractivity contribution in [3.8, 4) is 5.88 Å². The van der Waals surface area contributed by atoms with Gasteiger partial charge in [0.1, 0.15) is 5.69 Å². The van der Waals surface area contributed by atoms with E-state index in [-0.39, 0.29) is 6.04 Å². The first-order valence-electron chi connectivity index (χ1n) is 7.05.